The first-order valence-corrected chi connectivity index (χ1v) is 11.8. The van der Waals surface area contributed by atoms with Gasteiger partial charge in [0.25, 0.3) is 0 Å². The zero-order valence-corrected chi connectivity index (χ0v) is 21.2. The van der Waals surface area contributed by atoms with E-state index >= 15 is 0 Å². The fourth-order valence-electron chi connectivity index (χ4n) is 4.11. The van der Waals surface area contributed by atoms with Gasteiger partial charge in [-0.3, -0.25) is 9.47 Å². The zero-order chi connectivity index (χ0) is 25.5. The number of benzene rings is 1. The number of nitrogens with zero attached hydrogens (tertiary/aromatic N) is 5. The average Bonchev–Trinajstić information content (AvgIpc) is 3.20. The Balaban J connectivity index is 1.54. The van der Waals surface area contributed by atoms with Crippen molar-refractivity contribution < 1.29 is 23.9 Å². The number of aromatic nitrogens is 2. The van der Waals surface area contributed by atoms with Crippen molar-refractivity contribution in [2.75, 3.05) is 31.1 Å². The number of hydrogen-bond donors (Lipinski definition) is 0. The molecule has 0 saturated carbocycles. The van der Waals surface area contributed by atoms with E-state index in [0.29, 0.717) is 31.9 Å². The first-order chi connectivity index (χ1) is 16.3. The van der Waals surface area contributed by atoms with Crippen LogP contribution in [0.4, 0.5) is 15.3 Å². The summed E-state index contributed by atoms with van der Waals surface area (Å²) in [4.78, 5) is 48.2. The molecule has 0 aliphatic carbocycles. The molecule has 4 rings (SSSR count). The van der Waals surface area contributed by atoms with Crippen molar-refractivity contribution in [3.63, 3.8) is 0 Å². The Morgan fingerprint density at radius 3 is 2.00 bits per heavy atom. The number of piperazine rings is 1. The van der Waals surface area contributed by atoms with Gasteiger partial charge in [-0.05, 0) is 53.7 Å². The molecule has 0 N–H and O–H groups in total. The standard InChI is InChI=1S/C25H33N5O5/c1-24(2,3)34-21(31)20-19-15-29(17-9-7-8-10-18(17)30(19)16-26-20)22(32)27-11-13-28(14-12-27)23(33)35-25(4,5)6/h7-10,16H,11-15H2,1-6H3. The summed E-state index contributed by atoms with van der Waals surface area (Å²) in [6.07, 6.45) is 1.22. The van der Waals surface area contributed by atoms with E-state index in [4.69, 9.17) is 9.47 Å². The minimum absolute atomic E-state index is 0.177. The minimum Gasteiger partial charge on any atom is -0.455 e. The van der Waals surface area contributed by atoms with Crippen molar-refractivity contribution in [2.45, 2.75) is 59.3 Å². The van der Waals surface area contributed by atoms with Crippen LogP contribution in [-0.4, -0.2) is 74.8 Å². The van der Waals surface area contributed by atoms with Gasteiger partial charge in [-0.15, -0.1) is 0 Å². The molecule has 3 amide bonds. The fraction of sp³-hybridized carbons (Fsp3) is 0.520. The molecule has 1 saturated heterocycles. The summed E-state index contributed by atoms with van der Waals surface area (Å²) in [5.41, 5.74) is 1.05. The highest BCUT2D eigenvalue weighted by Gasteiger charge is 2.36. The number of esters is 1. The summed E-state index contributed by atoms with van der Waals surface area (Å²) in [5.74, 6) is -0.524. The zero-order valence-electron chi connectivity index (χ0n) is 21.2. The topological polar surface area (TPSA) is 97.2 Å². The number of amides is 3. The van der Waals surface area contributed by atoms with Gasteiger partial charge in [0.05, 0.1) is 23.6 Å². The molecule has 1 aromatic carbocycles. The van der Waals surface area contributed by atoms with Crippen LogP contribution in [0.5, 0.6) is 0 Å². The van der Waals surface area contributed by atoms with Crippen LogP contribution in [0.25, 0.3) is 5.69 Å². The summed E-state index contributed by atoms with van der Waals surface area (Å²) in [6.45, 7) is 12.6. The quantitative estimate of drug-likeness (QED) is 0.572. The van der Waals surface area contributed by atoms with Crippen LogP contribution in [0.15, 0.2) is 30.6 Å². The number of urea groups is 1. The van der Waals surface area contributed by atoms with Gasteiger partial charge in [-0.1, -0.05) is 12.1 Å². The third kappa shape index (κ3) is 5.26. The Bertz CT molecular complexity index is 1140. The van der Waals surface area contributed by atoms with Crippen molar-refractivity contribution in [1.29, 1.82) is 0 Å². The number of para-hydroxylation sites is 2. The molecule has 0 bridgehead atoms. The lowest BCUT2D eigenvalue weighted by Gasteiger charge is -2.39. The first-order valence-electron chi connectivity index (χ1n) is 11.8. The van der Waals surface area contributed by atoms with Crippen LogP contribution >= 0.6 is 0 Å². The highest BCUT2D eigenvalue weighted by atomic mass is 16.6. The molecule has 1 aromatic heterocycles. The summed E-state index contributed by atoms with van der Waals surface area (Å²) in [6, 6.07) is 7.32. The van der Waals surface area contributed by atoms with Gasteiger partial charge in [-0.25, -0.2) is 19.4 Å². The molecule has 10 heteroatoms. The monoisotopic (exact) mass is 483 g/mol. The lowest BCUT2D eigenvalue weighted by molar-refractivity contribution is 0.00612. The molecule has 188 valence electrons. The Morgan fingerprint density at radius 2 is 1.40 bits per heavy atom. The summed E-state index contributed by atoms with van der Waals surface area (Å²) >= 11 is 0. The molecular weight excluding hydrogens is 450 g/mol. The van der Waals surface area contributed by atoms with Crippen molar-refractivity contribution in [3.8, 4) is 5.69 Å². The van der Waals surface area contributed by atoms with E-state index in [1.54, 1.807) is 41.8 Å². The van der Waals surface area contributed by atoms with E-state index in [0.717, 1.165) is 11.4 Å². The summed E-state index contributed by atoms with van der Waals surface area (Å²) in [5, 5.41) is 0. The predicted octanol–water partition coefficient (Wildman–Crippen LogP) is 3.82. The van der Waals surface area contributed by atoms with E-state index in [1.165, 1.54) is 0 Å². The molecule has 10 nitrogen and oxygen atoms in total. The van der Waals surface area contributed by atoms with Crippen molar-refractivity contribution >= 4 is 23.8 Å². The summed E-state index contributed by atoms with van der Waals surface area (Å²) < 4.78 is 12.8. The number of fused-ring (bicyclic) bond motifs is 3. The third-order valence-corrected chi connectivity index (χ3v) is 5.63. The minimum atomic E-state index is -0.663. The lowest BCUT2D eigenvalue weighted by atomic mass is 10.1. The van der Waals surface area contributed by atoms with Gasteiger partial charge in [0.1, 0.15) is 17.5 Å². The fourth-order valence-corrected chi connectivity index (χ4v) is 4.11. The molecule has 2 aromatic rings. The number of rotatable bonds is 1. The van der Waals surface area contributed by atoms with Crippen LogP contribution in [0.2, 0.25) is 0 Å². The Kier molecular flexibility index (Phi) is 6.25. The maximum Gasteiger partial charge on any atom is 0.410 e. The largest absolute Gasteiger partial charge is 0.455 e. The molecule has 0 radical (unpaired) electrons. The average molecular weight is 484 g/mol. The number of ether oxygens (including phenoxy) is 2. The second kappa shape index (κ2) is 8.90. The lowest BCUT2D eigenvalue weighted by Crippen LogP contribution is -2.55. The summed E-state index contributed by atoms with van der Waals surface area (Å²) in [7, 11) is 0. The van der Waals surface area contributed by atoms with E-state index in [-0.39, 0.29) is 24.4 Å². The predicted molar refractivity (Wildman–Crippen MR) is 130 cm³/mol. The van der Waals surface area contributed by atoms with E-state index in [2.05, 4.69) is 4.98 Å². The highest BCUT2D eigenvalue weighted by Crippen LogP contribution is 2.34. The number of carbonyl (C=O) groups is 3. The van der Waals surface area contributed by atoms with Gasteiger partial charge < -0.3 is 19.3 Å². The molecule has 2 aliphatic rings. The van der Waals surface area contributed by atoms with Crippen molar-refractivity contribution in [2.24, 2.45) is 0 Å². The molecule has 35 heavy (non-hydrogen) atoms. The van der Waals surface area contributed by atoms with E-state index in [9.17, 15) is 14.4 Å². The Morgan fingerprint density at radius 1 is 0.829 bits per heavy atom. The molecule has 0 unspecified atom stereocenters. The molecule has 0 spiro atoms. The molecular formula is C25H33N5O5. The molecule has 1 fully saturated rings. The Hall–Kier alpha value is -3.56. The number of carbonyl (C=O) groups excluding carboxylic acids is 3. The molecule has 3 heterocycles. The second-order valence-electron chi connectivity index (χ2n) is 10.7. The maximum atomic E-state index is 13.6. The van der Waals surface area contributed by atoms with Crippen LogP contribution in [0, 0.1) is 0 Å². The van der Waals surface area contributed by atoms with Crippen LogP contribution < -0.4 is 4.90 Å². The van der Waals surface area contributed by atoms with E-state index in [1.807, 2.05) is 49.6 Å². The SMILES string of the molecule is CC(C)(C)OC(=O)c1ncn2c1CN(C(=O)N1CCN(C(=O)OC(C)(C)C)CC1)c1ccccc1-2. The third-order valence-electron chi connectivity index (χ3n) is 5.63. The first kappa shape index (κ1) is 24.6. The molecule has 0 atom stereocenters. The highest BCUT2D eigenvalue weighted by molar-refractivity contribution is 5.97. The molecule has 2 aliphatic heterocycles. The Labute approximate surface area is 205 Å². The second-order valence-corrected chi connectivity index (χ2v) is 10.7. The van der Waals surface area contributed by atoms with Gasteiger partial charge in [0.15, 0.2) is 5.69 Å². The van der Waals surface area contributed by atoms with Crippen LogP contribution in [0.1, 0.15) is 57.7 Å². The van der Waals surface area contributed by atoms with Gasteiger partial charge in [-0.2, -0.15) is 0 Å². The number of anilines is 1. The number of imidazole rings is 1. The van der Waals surface area contributed by atoms with E-state index < -0.39 is 17.2 Å². The van der Waals surface area contributed by atoms with Gasteiger partial charge >= 0.3 is 18.1 Å². The van der Waals surface area contributed by atoms with Gasteiger partial charge in [0.2, 0.25) is 0 Å². The normalized spacial score (nSPS) is 15.9. The van der Waals surface area contributed by atoms with Crippen LogP contribution in [-0.2, 0) is 16.0 Å². The number of hydrogen-bond acceptors (Lipinski definition) is 6. The van der Waals surface area contributed by atoms with Crippen molar-refractivity contribution in [1.82, 2.24) is 19.4 Å². The smallest absolute Gasteiger partial charge is 0.410 e. The van der Waals surface area contributed by atoms with Crippen LogP contribution in [0.3, 0.4) is 0 Å². The van der Waals surface area contributed by atoms with Crippen molar-refractivity contribution in [3.05, 3.63) is 42.0 Å². The van der Waals surface area contributed by atoms with Gasteiger partial charge in [0, 0.05) is 26.2 Å². The maximum absolute atomic E-state index is 13.6.